The molecule has 28 heavy (non-hydrogen) atoms. The highest BCUT2D eigenvalue weighted by molar-refractivity contribution is 6.05. The van der Waals surface area contributed by atoms with Gasteiger partial charge in [-0.2, -0.15) is 0 Å². The molecule has 0 saturated heterocycles. The van der Waals surface area contributed by atoms with Gasteiger partial charge in [0, 0.05) is 30.5 Å². The number of Topliss-reactive ketones (excluding diaryl/α,β-unsaturated/α-hetero) is 1. The molecule has 1 rings (SSSR count). The molecule has 0 fully saturated rings. The second kappa shape index (κ2) is 13.6. The van der Waals surface area contributed by atoms with Gasteiger partial charge in [-0.25, -0.2) is 0 Å². The summed E-state index contributed by atoms with van der Waals surface area (Å²) in [5, 5.41) is 8.86. The van der Waals surface area contributed by atoms with Crippen LogP contribution in [0.25, 0.3) is 0 Å². The minimum absolute atomic E-state index is 0.0870. The highest BCUT2D eigenvalue weighted by Crippen LogP contribution is 2.31. The average Bonchev–Trinajstić information content (AvgIpc) is 2.73. The first kappa shape index (κ1) is 23.4. The number of rotatable bonds is 13. The van der Waals surface area contributed by atoms with Gasteiger partial charge in [-0.1, -0.05) is 51.7 Å². The van der Waals surface area contributed by atoms with Gasteiger partial charge in [0.1, 0.15) is 0 Å². The maximum Gasteiger partial charge on any atom is 0.162 e. The fourth-order valence-corrected chi connectivity index (χ4v) is 2.69. The van der Waals surface area contributed by atoms with Gasteiger partial charge in [0.15, 0.2) is 5.78 Å². The molecule has 0 spiro atoms. The first-order valence-electron chi connectivity index (χ1n) is 9.94. The zero-order valence-electron chi connectivity index (χ0n) is 17.2. The molecule has 150 valence electrons. The van der Waals surface area contributed by atoms with Crippen LogP contribution in [0, 0.1) is 0 Å². The number of allylic oxidation sites excluding steroid dienone is 4. The van der Waals surface area contributed by atoms with E-state index in [4.69, 9.17) is 10.1 Å². The van der Waals surface area contributed by atoms with Crippen molar-refractivity contribution in [1.82, 2.24) is 0 Å². The van der Waals surface area contributed by atoms with E-state index in [1.807, 2.05) is 44.3 Å². The first-order chi connectivity index (χ1) is 13.6. The van der Waals surface area contributed by atoms with Crippen LogP contribution in [-0.2, 0) is 0 Å². The Morgan fingerprint density at radius 1 is 1.11 bits per heavy atom. The van der Waals surface area contributed by atoms with E-state index in [9.17, 15) is 4.79 Å². The largest absolute Gasteiger partial charge is 0.396 e. The Bertz CT molecular complexity index is 758. The van der Waals surface area contributed by atoms with Gasteiger partial charge >= 0.3 is 0 Å². The standard InChI is InChI=1S/C24H32N2O2/c1-5-13-19(6-2)21(7-3)26-22-15-14-20(24(28)8-4)18-23(22)25-16-11-9-10-12-17-27/h5-6,13-16,18,27H,1-2,7-12,17H2,3-4H3/b19-13+,25-16?,26-21?. The van der Waals surface area contributed by atoms with Gasteiger partial charge in [0.05, 0.1) is 11.4 Å². The third kappa shape index (κ3) is 7.57. The number of aliphatic hydroxyl groups excluding tert-OH is 1. The molecule has 4 nitrogen and oxygen atoms in total. The first-order valence-corrected chi connectivity index (χ1v) is 9.94. The lowest BCUT2D eigenvalue weighted by Crippen LogP contribution is -1.99. The van der Waals surface area contributed by atoms with Crippen LogP contribution in [0.1, 0.15) is 62.7 Å². The predicted octanol–water partition coefficient (Wildman–Crippen LogP) is 6.32. The summed E-state index contributed by atoms with van der Waals surface area (Å²) in [6, 6.07) is 5.47. The summed E-state index contributed by atoms with van der Waals surface area (Å²) >= 11 is 0. The average molecular weight is 381 g/mol. The Morgan fingerprint density at radius 3 is 2.50 bits per heavy atom. The molecule has 1 N–H and O–H groups in total. The van der Waals surface area contributed by atoms with Gasteiger partial charge in [-0.15, -0.1) is 0 Å². The number of carbonyl (C=O) groups excluding carboxylic acids is 1. The van der Waals surface area contributed by atoms with Crippen LogP contribution in [0.3, 0.4) is 0 Å². The van der Waals surface area contributed by atoms with Crippen LogP contribution >= 0.6 is 0 Å². The highest BCUT2D eigenvalue weighted by Gasteiger charge is 2.09. The number of benzene rings is 1. The minimum atomic E-state index is 0.0870. The summed E-state index contributed by atoms with van der Waals surface area (Å²) in [5.74, 6) is 0.0870. The Labute approximate surface area is 169 Å². The fourth-order valence-electron chi connectivity index (χ4n) is 2.69. The molecule has 1 aromatic carbocycles. The molecule has 0 bridgehead atoms. The number of hydrogen-bond donors (Lipinski definition) is 1. The molecule has 0 amide bonds. The number of hydrogen-bond acceptors (Lipinski definition) is 4. The SMILES string of the molecule is C=C/C=C(\C=C)C(CC)=Nc1ccc(C(=O)CC)cc1N=CCCCCCO. The normalized spacial score (nSPS) is 12.4. The Balaban J connectivity index is 3.24. The quantitative estimate of drug-likeness (QED) is 0.188. The van der Waals surface area contributed by atoms with Gasteiger partial charge < -0.3 is 5.11 Å². The summed E-state index contributed by atoms with van der Waals surface area (Å²) in [4.78, 5) is 21.5. The van der Waals surface area contributed by atoms with Crippen molar-refractivity contribution in [2.75, 3.05) is 6.61 Å². The lowest BCUT2D eigenvalue weighted by atomic mass is 10.1. The Hall–Kier alpha value is -2.59. The van der Waals surface area contributed by atoms with Crippen molar-refractivity contribution < 1.29 is 9.90 Å². The van der Waals surface area contributed by atoms with E-state index in [0.717, 1.165) is 49.1 Å². The summed E-state index contributed by atoms with van der Waals surface area (Å²) in [6.07, 6.45) is 12.0. The lowest BCUT2D eigenvalue weighted by Gasteiger charge is -2.08. The number of aliphatic imine (C=N–C) groups is 2. The van der Waals surface area contributed by atoms with Gasteiger partial charge in [0.25, 0.3) is 0 Å². The van der Waals surface area contributed by atoms with Crippen molar-refractivity contribution in [2.45, 2.75) is 52.4 Å². The molecular formula is C24H32N2O2. The van der Waals surface area contributed by atoms with Crippen LogP contribution in [-0.4, -0.2) is 29.4 Å². The van der Waals surface area contributed by atoms with Crippen molar-refractivity contribution in [3.8, 4) is 0 Å². The smallest absolute Gasteiger partial charge is 0.162 e. The van der Waals surface area contributed by atoms with Crippen LogP contribution in [0.15, 0.2) is 65.1 Å². The zero-order chi connectivity index (χ0) is 20.8. The van der Waals surface area contributed by atoms with E-state index in [1.165, 1.54) is 0 Å². The van der Waals surface area contributed by atoms with E-state index in [2.05, 4.69) is 18.2 Å². The molecular weight excluding hydrogens is 348 g/mol. The van der Waals surface area contributed by atoms with E-state index in [-0.39, 0.29) is 12.4 Å². The number of unbranched alkanes of at least 4 members (excludes halogenated alkanes) is 3. The number of carbonyl (C=O) groups is 1. The van der Waals surface area contributed by atoms with Crippen LogP contribution in [0.5, 0.6) is 0 Å². The van der Waals surface area contributed by atoms with E-state index < -0.39 is 0 Å². The van der Waals surface area contributed by atoms with Gasteiger partial charge in [-0.3, -0.25) is 14.8 Å². The predicted molar refractivity (Wildman–Crippen MR) is 121 cm³/mol. The zero-order valence-corrected chi connectivity index (χ0v) is 17.2. The van der Waals surface area contributed by atoms with Gasteiger partial charge in [-0.05, 0) is 49.5 Å². The van der Waals surface area contributed by atoms with Crippen LogP contribution in [0.4, 0.5) is 11.4 Å². The molecule has 0 aliphatic rings. The van der Waals surface area contributed by atoms with Crippen molar-refractivity contribution in [2.24, 2.45) is 9.98 Å². The van der Waals surface area contributed by atoms with E-state index in [0.29, 0.717) is 17.7 Å². The minimum Gasteiger partial charge on any atom is -0.396 e. The number of ketones is 1. The van der Waals surface area contributed by atoms with Crippen molar-refractivity contribution >= 4 is 29.1 Å². The Morgan fingerprint density at radius 2 is 1.89 bits per heavy atom. The monoisotopic (exact) mass is 380 g/mol. The third-order valence-electron chi connectivity index (χ3n) is 4.28. The summed E-state index contributed by atoms with van der Waals surface area (Å²) in [5.41, 5.74) is 3.88. The van der Waals surface area contributed by atoms with Gasteiger partial charge in [0.2, 0.25) is 0 Å². The molecule has 0 radical (unpaired) electrons. The molecule has 0 aromatic heterocycles. The molecule has 0 unspecified atom stereocenters. The molecule has 0 aliphatic carbocycles. The maximum atomic E-state index is 12.1. The van der Waals surface area contributed by atoms with Crippen molar-refractivity contribution in [1.29, 1.82) is 0 Å². The van der Waals surface area contributed by atoms with Crippen LogP contribution < -0.4 is 0 Å². The summed E-state index contributed by atoms with van der Waals surface area (Å²) in [6.45, 7) is 11.7. The second-order valence-electron chi connectivity index (χ2n) is 6.34. The topological polar surface area (TPSA) is 62.0 Å². The molecule has 1 aromatic rings. The lowest BCUT2D eigenvalue weighted by molar-refractivity contribution is 0.0988. The Kier molecular flexibility index (Phi) is 11.4. The molecule has 0 saturated carbocycles. The molecule has 0 atom stereocenters. The molecule has 4 heteroatoms. The van der Waals surface area contributed by atoms with Crippen molar-refractivity contribution in [3.63, 3.8) is 0 Å². The highest BCUT2D eigenvalue weighted by atomic mass is 16.2. The number of nitrogens with zero attached hydrogens (tertiary/aromatic N) is 2. The second-order valence-corrected chi connectivity index (χ2v) is 6.34. The van der Waals surface area contributed by atoms with E-state index >= 15 is 0 Å². The third-order valence-corrected chi connectivity index (χ3v) is 4.28. The maximum absolute atomic E-state index is 12.1. The summed E-state index contributed by atoms with van der Waals surface area (Å²) < 4.78 is 0. The van der Waals surface area contributed by atoms with Crippen LogP contribution in [0.2, 0.25) is 0 Å². The molecule has 0 heterocycles. The molecule has 0 aliphatic heterocycles. The fraction of sp³-hybridized carbons (Fsp3) is 0.375. The number of aliphatic hydroxyl groups is 1. The van der Waals surface area contributed by atoms with E-state index in [1.54, 1.807) is 12.2 Å². The summed E-state index contributed by atoms with van der Waals surface area (Å²) in [7, 11) is 0. The van der Waals surface area contributed by atoms with Crippen molar-refractivity contribution in [3.05, 3.63) is 60.7 Å².